The molecule has 1 fully saturated rings. The smallest absolute Gasteiger partial charge is 0.0270 e. The van der Waals surface area contributed by atoms with Crippen molar-refractivity contribution in [3.63, 3.8) is 0 Å². The van der Waals surface area contributed by atoms with Gasteiger partial charge in [-0.3, -0.25) is 0 Å². The van der Waals surface area contributed by atoms with Crippen molar-refractivity contribution in [1.82, 2.24) is 0 Å². The average Bonchev–Trinajstić information content (AvgIpc) is 1.87. The summed E-state index contributed by atoms with van der Waals surface area (Å²) in [7, 11) is 0. The first-order valence-electron chi connectivity index (χ1n) is 4.65. The van der Waals surface area contributed by atoms with E-state index in [1.165, 1.54) is 32.1 Å². The van der Waals surface area contributed by atoms with Crippen LogP contribution >= 0.6 is 22.6 Å². The van der Waals surface area contributed by atoms with Crippen molar-refractivity contribution in [2.24, 2.45) is 5.41 Å². The van der Waals surface area contributed by atoms with Crippen molar-refractivity contribution >= 4 is 22.6 Å². The molecule has 0 aromatic heterocycles. The Morgan fingerprint density at radius 3 is 1.73 bits per heavy atom. The highest BCUT2D eigenvalue weighted by molar-refractivity contribution is 14.1. The molecular weight excluding hydrogens is 247 g/mol. The van der Waals surface area contributed by atoms with Gasteiger partial charge in [0.05, 0.1) is 0 Å². The van der Waals surface area contributed by atoms with Crippen molar-refractivity contribution in [3.8, 4) is 0 Å². The highest BCUT2D eigenvalue weighted by Crippen LogP contribution is 2.48. The molecule has 0 N–H and O–H groups in total. The zero-order valence-corrected chi connectivity index (χ0v) is 10.1. The monoisotopic (exact) mass is 266 g/mol. The molecule has 11 heavy (non-hydrogen) atoms. The Morgan fingerprint density at radius 1 is 1.00 bits per heavy atom. The zero-order valence-electron chi connectivity index (χ0n) is 7.91. The lowest BCUT2D eigenvalue weighted by Crippen LogP contribution is -2.38. The zero-order chi connectivity index (χ0) is 8.54. The van der Waals surface area contributed by atoms with Crippen LogP contribution in [-0.2, 0) is 0 Å². The van der Waals surface area contributed by atoms with Crippen LogP contribution in [0.5, 0.6) is 0 Å². The summed E-state index contributed by atoms with van der Waals surface area (Å²) >= 11 is 2.70. The number of alkyl halides is 1. The lowest BCUT2D eigenvalue weighted by molar-refractivity contribution is 0.234. The maximum absolute atomic E-state index is 2.70. The van der Waals surface area contributed by atoms with Crippen molar-refractivity contribution in [2.45, 2.75) is 56.3 Å². The molecule has 0 unspecified atom stereocenters. The van der Waals surface area contributed by atoms with Gasteiger partial charge in [0.15, 0.2) is 0 Å². The van der Waals surface area contributed by atoms with Crippen LogP contribution in [0.2, 0.25) is 0 Å². The van der Waals surface area contributed by atoms with E-state index in [9.17, 15) is 0 Å². The fourth-order valence-electron chi connectivity index (χ4n) is 1.86. The minimum Gasteiger partial charge on any atom is -0.0783 e. The quantitative estimate of drug-likeness (QED) is 0.456. The normalized spacial score (nSPS) is 25.1. The summed E-state index contributed by atoms with van der Waals surface area (Å²) in [5.41, 5.74) is 0.494. The third-order valence-electron chi connectivity index (χ3n) is 2.99. The molecule has 0 spiro atoms. The second-order valence-electron chi connectivity index (χ2n) is 4.78. The van der Waals surface area contributed by atoms with Gasteiger partial charge in [0.1, 0.15) is 0 Å². The lowest BCUT2D eigenvalue weighted by Gasteiger charge is -2.43. The first-order valence-corrected chi connectivity index (χ1v) is 5.72. The van der Waals surface area contributed by atoms with Gasteiger partial charge >= 0.3 is 0 Å². The molecule has 0 aliphatic heterocycles. The van der Waals surface area contributed by atoms with E-state index in [-0.39, 0.29) is 0 Å². The van der Waals surface area contributed by atoms with Crippen LogP contribution in [0.4, 0.5) is 0 Å². The minimum absolute atomic E-state index is 0.494. The van der Waals surface area contributed by atoms with Crippen LogP contribution in [-0.4, -0.2) is 3.42 Å². The molecule has 1 rings (SSSR count). The average molecular weight is 266 g/mol. The fourth-order valence-corrected chi connectivity index (χ4v) is 2.62. The van der Waals surface area contributed by atoms with E-state index in [1.54, 1.807) is 0 Å². The van der Waals surface area contributed by atoms with E-state index in [4.69, 9.17) is 0 Å². The van der Waals surface area contributed by atoms with Gasteiger partial charge in [-0.05, 0) is 18.3 Å². The molecule has 1 heteroatoms. The molecule has 0 heterocycles. The molecule has 0 aromatic rings. The van der Waals surface area contributed by atoms with Gasteiger partial charge in [-0.1, -0.05) is 62.6 Å². The molecule has 0 radical (unpaired) electrons. The van der Waals surface area contributed by atoms with E-state index in [2.05, 4.69) is 43.4 Å². The number of rotatable bonds is 0. The van der Waals surface area contributed by atoms with Gasteiger partial charge in [-0.2, -0.15) is 0 Å². The van der Waals surface area contributed by atoms with Gasteiger partial charge in [-0.25, -0.2) is 0 Å². The van der Waals surface area contributed by atoms with E-state index in [1.807, 2.05) is 0 Å². The third-order valence-corrected chi connectivity index (χ3v) is 5.69. The van der Waals surface area contributed by atoms with Crippen LogP contribution in [0, 0.1) is 5.41 Å². The number of hydrogen-bond acceptors (Lipinski definition) is 0. The molecule has 1 aliphatic rings. The Kier molecular flexibility index (Phi) is 2.88. The maximum Gasteiger partial charge on any atom is 0.0270 e. The van der Waals surface area contributed by atoms with Crippen LogP contribution < -0.4 is 0 Å². The topological polar surface area (TPSA) is 0 Å². The van der Waals surface area contributed by atoms with E-state index < -0.39 is 0 Å². The molecule has 0 saturated heterocycles. The molecule has 0 atom stereocenters. The molecule has 0 aromatic carbocycles. The van der Waals surface area contributed by atoms with Gasteiger partial charge in [0.25, 0.3) is 0 Å². The summed E-state index contributed by atoms with van der Waals surface area (Å²) in [6.45, 7) is 7.14. The van der Waals surface area contributed by atoms with Crippen molar-refractivity contribution in [3.05, 3.63) is 0 Å². The summed E-state index contributed by atoms with van der Waals surface area (Å²) in [5, 5.41) is 0. The second-order valence-corrected chi connectivity index (χ2v) is 6.84. The molecule has 1 aliphatic carbocycles. The predicted octanol–water partition coefficient (Wildman–Crippen LogP) is 4.17. The Labute approximate surface area is 84.3 Å². The SMILES string of the molecule is CC(C)(C)C1(I)CCCCC1. The Balaban J connectivity index is 2.64. The van der Waals surface area contributed by atoms with Crippen LogP contribution in [0.3, 0.4) is 0 Å². The van der Waals surface area contributed by atoms with E-state index >= 15 is 0 Å². The largest absolute Gasteiger partial charge is 0.0783 e. The summed E-state index contributed by atoms with van der Waals surface area (Å²) in [5.74, 6) is 0. The van der Waals surface area contributed by atoms with Crippen LogP contribution in [0.1, 0.15) is 52.9 Å². The first kappa shape index (κ1) is 9.82. The molecule has 1 saturated carbocycles. The minimum atomic E-state index is 0.494. The molecular formula is C10H19I. The lowest BCUT2D eigenvalue weighted by atomic mass is 9.72. The summed E-state index contributed by atoms with van der Waals surface area (Å²) in [6.07, 6.45) is 7.20. The predicted molar refractivity (Wildman–Crippen MR) is 59.3 cm³/mol. The molecule has 66 valence electrons. The third kappa shape index (κ3) is 2.10. The Morgan fingerprint density at radius 2 is 1.45 bits per heavy atom. The maximum atomic E-state index is 2.70. The number of halogens is 1. The van der Waals surface area contributed by atoms with Gasteiger partial charge in [-0.15, -0.1) is 0 Å². The molecule has 0 nitrogen and oxygen atoms in total. The van der Waals surface area contributed by atoms with Crippen molar-refractivity contribution in [1.29, 1.82) is 0 Å². The summed E-state index contributed by atoms with van der Waals surface area (Å²) < 4.78 is 0.586. The van der Waals surface area contributed by atoms with Crippen molar-refractivity contribution in [2.75, 3.05) is 0 Å². The summed E-state index contributed by atoms with van der Waals surface area (Å²) in [4.78, 5) is 0. The van der Waals surface area contributed by atoms with Crippen LogP contribution in [0.25, 0.3) is 0 Å². The fraction of sp³-hybridized carbons (Fsp3) is 1.00. The number of hydrogen-bond donors (Lipinski definition) is 0. The summed E-state index contributed by atoms with van der Waals surface area (Å²) in [6, 6.07) is 0. The Bertz CT molecular complexity index is 126. The second kappa shape index (κ2) is 3.23. The highest BCUT2D eigenvalue weighted by atomic mass is 127. The molecule has 0 amide bonds. The van der Waals surface area contributed by atoms with Crippen molar-refractivity contribution < 1.29 is 0 Å². The molecule has 0 bridgehead atoms. The van der Waals surface area contributed by atoms with Crippen LogP contribution in [0.15, 0.2) is 0 Å². The van der Waals surface area contributed by atoms with Gasteiger partial charge in [0, 0.05) is 3.42 Å². The standard InChI is InChI=1S/C10H19I/c1-9(2,3)10(11)7-5-4-6-8-10/h4-8H2,1-3H3. The first-order chi connectivity index (χ1) is 4.96. The highest BCUT2D eigenvalue weighted by Gasteiger charge is 2.39. The van der Waals surface area contributed by atoms with E-state index in [0.717, 1.165) is 0 Å². The van der Waals surface area contributed by atoms with E-state index in [0.29, 0.717) is 8.84 Å². The Hall–Kier alpha value is 0.730. The van der Waals surface area contributed by atoms with Gasteiger partial charge in [0.2, 0.25) is 0 Å². The van der Waals surface area contributed by atoms with Gasteiger partial charge < -0.3 is 0 Å².